The topological polar surface area (TPSA) is 21.3 Å². The Morgan fingerprint density at radius 1 is 1.42 bits per heavy atom. The van der Waals surface area contributed by atoms with Gasteiger partial charge in [0, 0.05) is 15.8 Å². The Hall–Kier alpha value is -0.380. The van der Waals surface area contributed by atoms with E-state index in [0.29, 0.717) is 6.04 Å². The molecule has 106 valence electrons. The van der Waals surface area contributed by atoms with E-state index < -0.39 is 0 Å². The zero-order valence-electron chi connectivity index (χ0n) is 12.5. The molecule has 0 bridgehead atoms. The number of fused-ring (bicyclic) bond motifs is 2. The maximum atomic E-state index is 6.30. The van der Waals surface area contributed by atoms with Crippen molar-refractivity contribution in [3.63, 3.8) is 0 Å². The van der Waals surface area contributed by atoms with E-state index >= 15 is 0 Å². The molecule has 1 aromatic heterocycles. The fourth-order valence-electron chi connectivity index (χ4n) is 3.32. The van der Waals surface area contributed by atoms with Crippen LogP contribution in [0.15, 0.2) is 6.07 Å². The summed E-state index contributed by atoms with van der Waals surface area (Å²) >= 11 is 2.00. The van der Waals surface area contributed by atoms with Gasteiger partial charge < -0.3 is 10.1 Å². The minimum absolute atomic E-state index is 0.00637. The van der Waals surface area contributed by atoms with E-state index in [9.17, 15) is 0 Å². The second-order valence-electron chi connectivity index (χ2n) is 7.12. The van der Waals surface area contributed by atoms with Crippen LogP contribution in [-0.2, 0) is 22.2 Å². The molecule has 2 atom stereocenters. The SMILES string of the molecule is C[C@H]1C[C@@]2(CCN1)OCCc1cc(C(C)(C)C)sc12. The number of ether oxygens (including phenoxy) is 1. The molecule has 3 rings (SSSR count). The molecule has 3 heteroatoms. The molecular weight excluding hydrogens is 254 g/mol. The monoisotopic (exact) mass is 279 g/mol. The van der Waals surface area contributed by atoms with Crippen molar-refractivity contribution in [3.8, 4) is 0 Å². The van der Waals surface area contributed by atoms with Crippen LogP contribution in [0.3, 0.4) is 0 Å². The van der Waals surface area contributed by atoms with Crippen molar-refractivity contribution in [3.05, 3.63) is 21.4 Å². The number of nitrogens with one attached hydrogen (secondary N) is 1. The van der Waals surface area contributed by atoms with Gasteiger partial charge in [-0.15, -0.1) is 11.3 Å². The van der Waals surface area contributed by atoms with Crippen molar-refractivity contribution >= 4 is 11.3 Å². The predicted octanol–water partition coefficient (Wildman–Crippen LogP) is 3.59. The highest BCUT2D eigenvalue weighted by Gasteiger charge is 2.43. The van der Waals surface area contributed by atoms with Gasteiger partial charge in [0.15, 0.2) is 0 Å². The Morgan fingerprint density at radius 2 is 2.21 bits per heavy atom. The van der Waals surface area contributed by atoms with Gasteiger partial charge in [-0.2, -0.15) is 0 Å². The van der Waals surface area contributed by atoms with E-state index in [2.05, 4.69) is 39.1 Å². The van der Waals surface area contributed by atoms with Crippen LogP contribution in [0.25, 0.3) is 0 Å². The number of hydrogen-bond acceptors (Lipinski definition) is 3. The van der Waals surface area contributed by atoms with Crippen molar-refractivity contribution in [1.82, 2.24) is 5.32 Å². The molecule has 0 aliphatic carbocycles. The lowest BCUT2D eigenvalue weighted by molar-refractivity contribution is -0.0848. The third-order valence-corrected chi connectivity index (χ3v) is 6.16. The highest BCUT2D eigenvalue weighted by molar-refractivity contribution is 7.12. The molecule has 1 spiro atoms. The molecule has 1 N–H and O–H groups in total. The van der Waals surface area contributed by atoms with E-state index in [-0.39, 0.29) is 11.0 Å². The lowest BCUT2D eigenvalue weighted by Gasteiger charge is -2.42. The first-order valence-corrected chi connectivity index (χ1v) is 8.23. The first-order chi connectivity index (χ1) is 8.91. The van der Waals surface area contributed by atoms with E-state index in [0.717, 1.165) is 32.4 Å². The number of hydrogen-bond donors (Lipinski definition) is 1. The van der Waals surface area contributed by atoms with Crippen molar-refractivity contribution in [1.29, 1.82) is 0 Å². The summed E-state index contributed by atoms with van der Waals surface area (Å²) in [6.45, 7) is 11.2. The Labute approximate surface area is 120 Å². The molecule has 1 saturated heterocycles. The molecule has 2 aliphatic heterocycles. The average molecular weight is 279 g/mol. The molecule has 0 unspecified atom stereocenters. The van der Waals surface area contributed by atoms with Crippen molar-refractivity contribution in [2.75, 3.05) is 13.2 Å². The Bertz CT molecular complexity index is 474. The van der Waals surface area contributed by atoms with Crippen molar-refractivity contribution < 1.29 is 4.74 Å². The molecule has 1 aromatic rings. The fourth-order valence-corrected chi connectivity index (χ4v) is 4.77. The molecule has 2 nitrogen and oxygen atoms in total. The van der Waals surface area contributed by atoms with Gasteiger partial charge in [0.2, 0.25) is 0 Å². The molecule has 0 saturated carbocycles. The summed E-state index contributed by atoms with van der Waals surface area (Å²) in [5.74, 6) is 0. The smallest absolute Gasteiger partial charge is 0.105 e. The summed E-state index contributed by atoms with van der Waals surface area (Å²) in [5, 5.41) is 3.55. The lowest BCUT2D eigenvalue weighted by Crippen LogP contribution is -2.48. The van der Waals surface area contributed by atoms with Crippen LogP contribution in [0.1, 0.15) is 55.9 Å². The van der Waals surface area contributed by atoms with Crippen molar-refractivity contribution in [2.24, 2.45) is 0 Å². The predicted molar refractivity (Wildman–Crippen MR) is 81.1 cm³/mol. The summed E-state index contributed by atoms with van der Waals surface area (Å²) in [6, 6.07) is 3.00. The van der Waals surface area contributed by atoms with E-state index in [1.165, 1.54) is 9.75 Å². The Morgan fingerprint density at radius 3 is 2.89 bits per heavy atom. The van der Waals surface area contributed by atoms with E-state index in [4.69, 9.17) is 4.74 Å². The van der Waals surface area contributed by atoms with Crippen LogP contribution in [0.5, 0.6) is 0 Å². The highest BCUT2D eigenvalue weighted by atomic mass is 32.1. The second kappa shape index (κ2) is 4.57. The minimum atomic E-state index is 0.00637. The number of thiophene rings is 1. The van der Waals surface area contributed by atoms with Crippen LogP contribution in [0.2, 0.25) is 0 Å². The minimum Gasteiger partial charge on any atom is -0.369 e. The maximum absolute atomic E-state index is 6.30. The van der Waals surface area contributed by atoms with Gasteiger partial charge in [0.1, 0.15) is 5.60 Å². The average Bonchev–Trinajstić information content (AvgIpc) is 2.74. The summed E-state index contributed by atoms with van der Waals surface area (Å²) in [4.78, 5) is 3.03. The molecule has 3 heterocycles. The van der Waals surface area contributed by atoms with Crippen LogP contribution < -0.4 is 5.32 Å². The standard InChI is InChI=1S/C16H25NOS/c1-11-10-16(6-7-17-11)14-12(5-8-18-16)9-13(19-14)15(2,3)4/h9,11,17H,5-8,10H2,1-4H3/t11-,16+/m0/s1. The maximum Gasteiger partial charge on any atom is 0.105 e. The van der Waals surface area contributed by atoms with Gasteiger partial charge >= 0.3 is 0 Å². The second-order valence-corrected chi connectivity index (χ2v) is 8.17. The quantitative estimate of drug-likeness (QED) is 0.783. The van der Waals surface area contributed by atoms with E-state index in [1.807, 2.05) is 11.3 Å². The van der Waals surface area contributed by atoms with Gasteiger partial charge in [-0.3, -0.25) is 0 Å². The zero-order valence-corrected chi connectivity index (χ0v) is 13.3. The van der Waals surface area contributed by atoms with Crippen molar-refractivity contribution in [2.45, 2.75) is 64.0 Å². The summed E-state index contributed by atoms with van der Waals surface area (Å²) in [5.41, 5.74) is 1.81. The third kappa shape index (κ3) is 2.37. The number of piperidine rings is 1. The molecule has 1 fully saturated rings. The molecule has 2 aliphatic rings. The van der Waals surface area contributed by atoms with Gasteiger partial charge in [-0.1, -0.05) is 20.8 Å². The molecule has 0 amide bonds. The summed E-state index contributed by atoms with van der Waals surface area (Å²) in [6.07, 6.45) is 3.32. The third-order valence-electron chi connectivity index (χ3n) is 4.37. The number of rotatable bonds is 0. The van der Waals surface area contributed by atoms with Crippen LogP contribution >= 0.6 is 11.3 Å². The first-order valence-electron chi connectivity index (χ1n) is 7.42. The van der Waals surface area contributed by atoms with Crippen LogP contribution in [0, 0.1) is 0 Å². The van der Waals surface area contributed by atoms with Gasteiger partial charge in [0.05, 0.1) is 6.61 Å². The molecule has 0 aromatic carbocycles. The highest BCUT2D eigenvalue weighted by Crippen LogP contribution is 2.47. The van der Waals surface area contributed by atoms with Crippen LogP contribution in [-0.4, -0.2) is 19.2 Å². The molecule has 0 radical (unpaired) electrons. The zero-order chi connectivity index (χ0) is 13.7. The Balaban J connectivity index is 2.02. The Kier molecular flexibility index (Phi) is 3.27. The molecule has 19 heavy (non-hydrogen) atoms. The lowest BCUT2D eigenvalue weighted by atomic mass is 9.82. The van der Waals surface area contributed by atoms with E-state index in [1.54, 1.807) is 5.56 Å². The normalized spacial score (nSPS) is 31.5. The van der Waals surface area contributed by atoms with Gasteiger partial charge in [-0.05, 0) is 49.8 Å². The largest absolute Gasteiger partial charge is 0.369 e. The van der Waals surface area contributed by atoms with Gasteiger partial charge in [-0.25, -0.2) is 0 Å². The molecular formula is C16H25NOS. The summed E-state index contributed by atoms with van der Waals surface area (Å²) in [7, 11) is 0. The fraction of sp³-hybridized carbons (Fsp3) is 0.750. The van der Waals surface area contributed by atoms with Crippen LogP contribution in [0.4, 0.5) is 0 Å². The summed E-state index contributed by atoms with van der Waals surface area (Å²) < 4.78 is 6.30. The van der Waals surface area contributed by atoms with Gasteiger partial charge in [0.25, 0.3) is 0 Å². The first kappa shape index (κ1) is 13.6.